The first-order valence-corrected chi connectivity index (χ1v) is 12.7. The molecule has 1 amide bonds. The minimum Gasteiger partial charge on any atom is -0.390 e. The van der Waals surface area contributed by atoms with E-state index in [2.05, 4.69) is 41.0 Å². The van der Waals surface area contributed by atoms with Crippen molar-refractivity contribution in [1.29, 1.82) is 0 Å². The Kier molecular flexibility index (Phi) is 7.95. The number of carbonyl (C=O) groups is 1. The van der Waals surface area contributed by atoms with Gasteiger partial charge in [0.1, 0.15) is 5.60 Å². The van der Waals surface area contributed by atoms with Gasteiger partial charge in [0, 0.05) is 24.2 Å². The number of oxime groups is 1. The summed E-state index contributed by atoms with van der Waals surface area (Å²) in [7, 11) is 0. The van der Waals surface area contributed by atoms with Crippen molar-refractivity contribution in [3.05, 3.63) is 106 Å². The summed E-state index contributed by atoms with van der Waals surface area (Å²) in [4.78, 5) is 19.1. The molecule has 38 heavy (non-hydrogen) atoms. The minimum atomic E-state index is -0.941. The van der Waals surface area contributed by atoms with Gasteiger partial charge in [0.25, 0.3) is 5.91 Å². The number of halogens is 2. The Morgan fingerprint density at radius 2 is 1.74 bits per heavy atom. The van der Waals surface area contributed by atoms with Gasteiger partial charge in [-0.2, -0.15) is 0 Å². The molecule has 0 atom stereocenters. The average Bonchev–Trinajstić information content (AvgIpc) is 3.18. The number of hydrogen-bond acceptors (Lipinski definition) is 3. The van der Waals surface area contributed by atoms with E-state index in [0.717, 1.165) is 39.9 Å². The van der Waals surface area contributed by atoms with Gasteiger partial charge in [0.15, 0.2) is 11.6 Å². The molecular weight excluding hydrogens is 484 g/mol. The average molecular weight is 518 g/mol. The summed E-state index contributed by atoms with van der Waals surface area (Å²) >= 11 is 0. The molecule has 0 spiro atoms. The highest BCUT2D eigenvalue weighted by Gasteiger charge is 2.25. The Hall–Kier alpha value is -4.00. The summed E-state index contributed by atoms with van der Waals surface area (Å²) in [5.41, 5.74) is 4.39. The van der Waals surface area contributed by atoms with Crippen LogP contribution in [0, 0.1) is 11.6 Å². The van der Waals surface area contributed by atoms with Crippen molar-refractivity contribution in [2.75, 3.05) is 0 Å². The molecule has 0 unspecified atom stereocenters. The summed E-state index contributed by atoms with van der Waals surface area (Å²) in [5.74, 6) is -2.09. The van der Waals surface area contributed by atoms with Crippen LogP contribution in [0.25, 0.3) is 10.9 Å². The normalized spacial score (nSPS) is 12.0. The summed E-state index contributed by atoms with van der Waals surface area (Å²) in [5, 5.41) is 7.85. The molecule has 198 valence electrons. The monoisotopic (exact) mass is 517 g/mol. The molecule has 1 aromatic heterocycles. The number of rotatable bonds is 8. The standard InChI is InChI=1S/C31H33F2N3O2/c1-20(2)29-28(30(37)34-17-22-12-14-25(32)26(33)15-22)24-13-11-23(18-35-38-31(3,4)5)16-27(24)36(29)19-21-9-7-6-8-10-21/h6-16,18,20H,17,19H2,1-5H3,(H,34,37)/b35-18+. The van der Waals surface area contributed by atoms with Gasteiger partial charge in [0.2, 0.25) is 0 Å². The van der Waals surface area contributed by atoms with Crippen LogP contribution in [0.15, 0.2) is 71.9 Å². The molecule has 0 aliphatic rings. The molecule has 0 radical (unpaired) electrons. The second-order valence-electron chi connectivity index (χ2n) is 10.6. The van der Waals surface area contributed by atoms with Crippen molar-refractivity contribution in [3.8, 4) is 0 Å². The van der Waals surface area contributed by atoms with Gasteiger partial charge < -0.3 is 14.7 Å². The van der Waals surface area contributed by atoms with Crippen LogP contribution in [0.4, 0.5) is 8.78 Å². The van der Waals surface area contributed by atoms with Gasteiger partial charge in [-0.1, -0.05) is 67.5 Å². The fraction of sp³-hybridized carbons (Fsp3) is 0.290. The van der Waals surface area contributed by atoms with E-state index in [1.807, 2.05) is 57.2 Å². The number of aromatic nitrogens is 1. The molecule has 0 saturated heterocycles. The first-order valence-electron chi connectivity index (χ1n) is 12.7. The van der Waals surface area contributed by atoms with Gasteiger partial charge in [-0.3, -0.25) is 4.79 Å². The Morgan fingerprint density at radius 1 is 1.00 bits per heavy atom. The number of fused-ring (bicyclic) bond motifs is 1. The zero-order valence-electron chi connectivity index (χ0n) is 22.4. The smallest absolute Gasteiger partial charge is 0.254 e. The number of amides is 1. The molecule has 0 bridgehead atoms. The Balaban J connectivity index is 1.77. The van der Waals surface area contributed by atoms with Crippen molar-refractivity contribution in [1.82, 2.24) is 9.88 Å². The molecule has 4 aromatic rings. The highest BCUT2D eigenvalue weighted by Crippen LogP contribution is 2.33. The van der Waals surface area contributed by atoms with Crippen molar-refractivity contribution in [2.24, 2.45) is 5.16 Å². The van der Waals surface area contributed by atoms with E-state index in [-0.39, 0.29) is 18.4 Å². The highest BCUT2D eigenvalue weighted by atomic mass is 19.2. The quantitative estimate of drug-likeness (QED) is 0.199. The summed E-state index contributed by atoms with van der Waals surface area (Å²) < 4.78 is 29.2. The SMILES string of the molecule is CC(C)c1c(C(=O)NCc2ccc(F)c(F)c2)c2ccc(/C=N/OC(C)(C)C)cc2n1Cc1ccccc1. The first kappa shape index (κ1) is 27.0. The fourth-order valence-electron chi connectivity index (χ4n) is 4.41. The topological polar surface area (TPSA) is 55.6 Å². The lowest BCUT2D eigenvalue weighted by atomic mass is 10.0. The lowest BCUT2D eigenvalue weighted by Gasteiger charge is -2.16. The van der Waals surface area contributed by atoms with Crippen molar-refractivity contribution in [3.63, 3.8) is 0 Å². The van der Waals surface area contributed by atoms with E-state index in [1.165, 1.54) is 6.07 Å². The van der Waals surface area contributed by atoms with Crippen molar-refractivity contribution >= 4 is 23.0 Å². The molecule has 3 aromatic carbocycles. The van der Waals surface area contributed by atoms with Crippen LogP contribution in [-0.4, -0.2) is 22.3 Å². The van der Waals surface area contributed by atoms with E-state index in [4.69, 9.17) is 4.84 Å². The van der Waals surface area contributed by atoms with Crippen molar-refractivity contribution < 1.29 is 18.4 Å². The molecule has 7 heteroatoms. The molecule has 0 aliphatic heterocycles. The zero-order valence-corrected chi connectivity index (χ0v) is 22.4. The Bertz CT molecular complexity index is 1470. The lowest BCUT2D eigenvalue weighted by molar-refractivity contribution is 0.00199. The zero-order chi connectivity index (χ0) is 27.4. The Labute approximate surface area is 222 Å². The molecule has 1 heterocycles. The third-order valence-electron chi connectivity index (χ3n) is 6.05. The van der Waals surface area contributed by atoms with Gasteiger partial charge in [-0.25, -0.2) is 8.78 Å². The predicted molar refractivity (Wildman–Crippen MR) is 148 cm³/mol. The van der Waals surface area contributed by atoms with E-state index < -0.39 is 17.2 Å². The number of carbonyl (C=O) groups excluding carboxylic acids is 1. The molecule has 0 saturated carbocycles. The van der Waals surface area contributed by atoms with E-state index >= 15 is 0 Å². The Morgan fingerprint density at radius 3 is 2.39 bits per heavy atom. The molecule has 0 fully saturated rings. The van der Waals surface area contributed by atoms with Crippen molar-refractivity contribution in [2.45, 2.75) is 59.2 Å². The number of hydrogen-bond donors (Lipinski definition) is 1. The van der Waals surface area contributed by atoms with Crippen LogP contribution in [0.1, 0.15) is 73.3 Å². The fourth-order valence-corrected chi connectivity index (χ4v) is 4.41. The third kappa shape index (κ3) is 6.28. The second kappa shape index (κ2) is 11.2. The van der Waals surface area contributed by atoms with Gasteiger partial charge in [-0.15, -0.1) is 0 Å². The van der Waals surface area contributed by atoms with Crippen LogP contribution in [0.2, 0.25) is 0 Å². The summed E-state index contributed by atoms with van der Waals surface area (Å²) in [6.07, 6.45) is 1.67. The summed E-state index contributed by atoms with van der Waals surface area (Å²) in [6.45, 7) is 10.6. The van der Waals surface area contributed by atoms with Crippen LogP contribution in [-0.2, 0) is 17.9 Å². The van der Waals surface area contributed by atoms with Crippen LogP contribution in [0.3, 0.4) is 0 Å². The maximum absolute atomic E-state index is 13.7. The second-order valence-corrected chi connectivity index (χ2v) is 10.6. The predicted octanol–water partition coefficient (Wildman–Crippen LogP) is 7.17. The minimum absolute atomic E-state index is 0.0384. The largest absolute Gasteiger partial charge is 0.390 e. The summed E-state index contributed by atoms with van der Waals surface area (Å²) in [6, 6.07) is 19.5. The van der Waals surface area contributed by atoms with E-state index in [9.17, 15) is 13.6 Å². The molecular formula is C31H33F2N3O2. The van der Waals surface area contributed by atoms with E-state index in [1.54, 1.807) is 6.21 Å². The third-order valence-corrected chi connectivity index (χ3v) is 6.05. The lowest BCUT2D eigenvalue weighted by Crippen LogP contribution is -2.24. The number of benzene rings is 3. The molecule has 1 N–H and O–H groups in total. The van der Waals surface area contributed by atoms with Gasteiger partial charge >= 0.3 is 0 Å². The molecule has 0 aliphatic carbocycles. The van der Waals surface area contributed by atoms with E-state index in [0.29, 0.717) is 17.7 Å². The highest BCUT2D eigenvalue weighted by molar-refractivity contribution is 6.09. The van der Waals surface area contributed by atoms with Crippen LogP contribution < -0.4 is 5.32 Å². The number of nitrogens with zero attached hydrogens (tertiary/aromatic N) is 2. The maximum Gasteiger partial charge on any atom is 0.254 e. The first-order chi connectivity index (χ1) is 18.0. The van der Waals surface area contributed by atoms with Crippen LogP contribution in [0.5, 0.6) is 0 Å². The van der Waals surface area contributed by atoms with Crippen LogP contribution >= 0.6 is 0 Å². The van der Waals surface area contributed by atoms with Gasteiger partial charge in [-0.05, 0) is 61.6 Å². The molecule has 5 nitrogen and oxygen atoms in total. The molecule has 4 rings (SSSR count). The van der Waals surface area contributed by atoms with Gasteiger partial charge in [0.05, 0.1) is 17.3 Å². The number of nitrogens with one attached hydrogen (secondary N) is 1. The maximum atomic E-state index is 13.7.